The lowest BCUT2D eigenvalue weighted by molar-refractivity contribution is -0.130. The first kappa shape index (κ1) is 19.6. The van der Waals surface area contributed by atoms with E-state index < -0.39 is 11.8 Å². The number of likely N-dealkylation sites (tertiary alicyclic amines) is 1. The van der Waals surface area contributed by atoms with Crippen molar-refractivity contribution in [3.8, 4) is 10.6 Å². The van der Waals surface area contributed by atoms with Crippen molar-refractivity contribution in [2.24, 2.45) is 5.92 Å². The van der Waals surface area contributed by atoms with Gasteiger partial charge in [-0.3, -0.25) is 25.2 Å². The molecule has 2 aromatic rings. The van der Waals surface area contributed by atoms with Crippen LogP contribution in [0.5, 0.6) is 0 Å². The molecule has 0 radical (unpaired) electrons. The highest BCUT2D eigenvalue weighted by Gasteiger charge is 2.38. The van der Waals surface area contributed by atoms with Gasteiger partial charge >= 0.3 is 0 Å². The summed E-state index contributed by atoms with van der Waals surface area (Å²) < 4.78 is 0. The average molecular weight is 413 g/mol. The summed E-state index contributed by atoms with van der Waals surface area (Å²) in [7, 11) is 0. The molecular formula is C21H24N4O3S. The third-order valence-electron chi connectivity index (χ3n) is 5.62. The molecule has 1 aliphatic carbocycles. The molecule has 0 spiro atoms. The van der Waals surface area contributed by atoms with Crippen LogP contribution in [-0.2, 0) is 9.59 Å². The topological polar surface area (TPSA) is 91.4 Å². The molecule has 1 aromatic carbocycles. The number of nitrogens with one attached hydrogen (secondary N) is 2. The number of thiazole rings is 1. The van der Waals surface area contributed by atoms with Gasteiger partial charge in [0.1, 0.15) is 9.88 Å². The van der Waals surface area contributed by atoms with Crippen LogP contribution in [0, 0.1) is 12.8 Å². The van der Waals surface area contributed by atoms with Crippen LogP contribution < -0.4 is 10.9 Å². The van der Waals surface area contributed by atoms with E-state index in [0.29, 0.717) is 17.1 Å². The average Bonchev–Trinajstić information content (AvgIpc) is 3.46. The minimum atomic E-state index is -0.425. The third-order valence-corrected chi connectivity index (χ3v) is 6.82. The minimum Gasteiger partial charge on any atom is -0.339 e. The normalized spacial score (nSPS) is 19.6. The number of nitrogens with zero attached hydrogens (tertiary/aromatic N) is 2. The number of hydrogen-bond acceptors (Lipinski definition) is 5. The minimum absolute atomic E-state index is 0.0363. The summed E-state index contributed by atoms with van der Waals surface area (Å²) >= 11 is 1.29. The largest absolute Gasteiger partial charge is 0.339 e. The fourth-order valence-corrected chi connectivity index (χ4v) is 5.03. The van der Waals surface area contributed by atoms with E-state index in [2.05, 4.69) is 15.8 Å². The monoisotopic (exact) mass is 412 g/mol. The highest BCUT2D eigenvalue weighted by molar-refractivity contribution is 7.17. The zero-order valence-electron chi connectivity index (χ0n) is 16.3. The molecule has 1 saturated heterocycles. The molecule has 1 aromatic heterocycles. The molecular weight excluding hydrogens is 388 g/mol. The molecule has 29 heavy (non-hydrogen) atoms. The zero-order chi connectivity index (χ0) is 20.4. The van der Waals surface area contributed by atoms with Crippen molar-refractivity contribution in [3.05, 3.63) is 40.9 Å². The number of carbonyl (C=O) groups is 3. The van der Waals surface area contributed by atoms with Crippen molar-refractivity contribution < 1.29 is 14.4 Å². The SMILES string of the molecule is Cc1nc(-c2ccccc2)sc1C(=O)NNC(=O)[C@H]1CC(=O)N(C2CCCC2)C1. The predicted octanol–water partition coefficient (Wildman–Crippen LogP) is 2.67. The van der Waals surface area contributed by atoms with Gasteiger partial charge < -0.3 is 4.90 Å². The van der Waals surface area contributed by atoms with Crippen molar-refractivity contribution in [2.75, 3.05) is 6.54 Å². The van der Waals surface area contributed by atoms with Crippen LogP contribution in [0.4, 0.5) is 0 Å². The Kier molecular flexibility index (Phi) is 5.62. The lowest BCUT2D eigenvalue weighted by Gasteiger charge is -2.23. The lowest BCUT2D eigenvalue weighted by atomic mass is 10.1. The van der Waals surface area contributed by atoms with Gasteiger partial charge in [0.15, 0.2) is 0 Å². The van der Waals surface area contributed by atoms with Crippen molar-refractivity contribution in [3.63, 3.8) is 0 Å². The Hall–Kier alpha value is -2.74. The van der Waals surface area contributed by atoms with E-state index in [1.165, 1.54) is 11.3 Å². The molecule has 0 unspecified atom stereocenters. The highest BCUT2D eigenvalue weighted by atomic mass is 32.1. The molecule has 152 valence electrons. The molecule has 8 heteroatoms. The zero-order valence-corrected chi connectivity index (χ0v) is 17.1. The molecule has 7 nitrogen and oxygen atoms in total. The van der Waals surface area contributed by atoms with E-state index in [-0.39, 0.29) is 24.3 Å². The van der Waals surface area contributed by atoms with E-state index in [1.807, 2.05) is 35.2 Å². The molecule has 0 bridgehead atoms. The van der Waals surface area contributed by atoms with E-state index in [9.17, 15) is 14.4 Å². The second-order valence-corrected chi connectivity index (χ2v) is 8.63. The molecule has 1 aliphatic heterocycles. The highest BCUT2D eigenvalue weighted by Crippen LogP contribution is 2.30. The molecule has 1 atom stereocenters. The second-order valence-electron chi connectivity index (χ2n) is 7.63. The summed E-state index contributed by atoms with van der Waals surface area (Å²) in [6.07, 6.45) is 4.52. The number of aryl methyl sites for hydroxylation is 1. The Morgan fingerprint density at radius 3 is 2.59 bits per heavy atom. The quantitative estimate of drug-likeness (QED) is 0.756. The number of carbonyl (C=O) groups excluding carboxylic acids is 3. The number of rotatable bonds is 4. The van der Waals surface area contributed by atoms with Crippen molar-refractivity contribution in [1.29, 1.82) is 0 Å². The molecule has 2 aliphatic rings. The Morgan fingerprint density at radius 1 is 1.14 bits per heavy atom. The maximum absolute atomic E-state index is 12.5. The van der Waals surface area contributed by atoms with Gasteiger partial charge in [-0.15, -0.1) is 11.3 Å². The molecule has 4 rings (SSSR count). The standard InChI is InChI=1S/C21H24N4O3S/c1-13-18(29-21(22-13)14-7-3-2-4-8-14)20(28)24-23-19(27)15-11-17(26)25(12-15)16-9-5-6-10-16/h2-4,7-8,15-16H,5-6,9-12H2,1H3,(H,23,27)(H,24,28)/t15-/m0/s1. The van der Waals surface area contributed by atoms with E-state index >= 15 is 0 Å². The maximum atomic E-state index is 12.5. The Morgan fingerprint density at radius 2 is 1.86 bits per heavy atom. The summed E-state index contributed by atoms with van der Waals surface area (Å²) in [5, 5.41) is 0.758. The second kappa shape index (κ2) is 8.32. The van der Waals surface area contributed by atoms with E-state index in [1.54, 1.807) is 6.92 Å². The molecule has 1 saturated carbocycles. The van der Waals surface area contributed by atoms with E-state index in [4.69, 9.17) is 0 Å². The van der Waals surface area contributed by atoms with Crippen LogP contribution in [0.1, 0.15) is 47.5 Å². The molecule has 3 amide bonds. The fraction of sp³-hybridized carbons (Fsp3) is 0.429. The summed E-state index contributed by atoms with van der Waals surface area (Å²) in [6.45, 7) is 2.21. The van der Waals surface area contributed by atoms with Crippen molar-refractivity contribution in [1.82, 2.24) is 20.7 Å². The van der Waals surface area contributed by atoms with Crippen LogP contribution in [0.25, 0.3) is 10.6 Å². The van der Waals surface area contributed by atoms with Crippen LogP contribution in [0.3, 0.4) is 0 Å². The molecule has 2 fully saturated rings. The first-order valence-electron chi connectivity index (χ1n) is 9.95. The fourth-order valence-electron chi connectivity index (χ4n) is 4.06. The first-order chi connectivity index (χ1) is 14.0. The number of hydrazine groups is 1. The van der Waals surface area contributed by atoms with Gasteiger partial charge in [0.25, 0.3) is 5.91 Å². The maximum Gasteiger partial charge on any atom is 0.281 e. The van der Waals surface area contributed by atoms with Crippen LogP contribution >= 0.6 is 11.3 Å². The number of hydrogen-bond donors (Lipinski definition) is 2. The lowest BCUT2D eigenvalue weighted by Crippen LogP contribution is -2.45. The summed E-state index contributed by atoms with van der Waals surface area (Å²) in [4.78, 5) is 44.1. The van der Waals surface area contributed by atoms with Gasteiger partial charge in [-0.1, -0.05) is 43.2 Å². The van der Waals surface area contributed by atoms with Gasteiger partial charge in [0.05, 0.1) is 11.6 Å². The van der Waals surface area contributed by atoms with Gasteiger partial charge in [-0.05, 0) is 19.8 Å². The van der Waals surface area contributed by atoms with Crippen molar-refractivity contribution in [2.45, 2.75) is 45.1 Å². The van der Waals surface area contributed by atoms with E-state index in [0.717, 1.165) is 36.3 Å². The third kappa shape index (κ3) is 4.17. The van der Waals surface area contributed by atoms with Gasteiger partial charge in [-0.2, -0.15) is 0 Å². The predicted molar refractivity (Wildman–Crippen MR) is 110 cm³/mol. The van der Waals surface area contributed by atoms with Crippen molar-refractivity contribution >= 4 is 29.1 Å². The number of aromatic nitrogens is 1. The molecule has 2 N–H and O–H groups in total. The Labute approximate surface area is 173 Å². The van der Waals surface area contributed by atoms with Gasteiger partial charge in [0, 0.05) is 24.6 Å². The van der Waals surface area contributed by atoms with Crippen LogP contribution in [0.2, 0.25) is 0 Å². The summed E-state index contributed by atoms with van der Waals surface area (Å²) in [6, 6.07) is 9.91. The summed E-state index contributed by atoms with van der Waals surface area (Å²) in [5.74, 6) is -1.11. The van der Waals surface area contributed by atoms with Crippen LogP contribution in [0.15, 0.2) is 30.3 Å². The smallest absolute Gasteiger partial charge is 0.281 e. The first-order valence-corrected chi connectivity index (χ1v) is 10.8. The van der Waals surface area contributed by atoms with Gasteiger partial charge in [-0.25, -0.2) is 4.98 Å². The van der Waals surface area contributed by atoms with Gasteiger partial charge in [0.2, 0.25) is 11.8 Å². The number of amides is 3. The van der Waals surface area contributed by atoms with Crippen LogP contribution in [-0.4, -0.2) is 40.2 Å². The molecule has 2 heterocycles. The Bertz CT molecular complexity index is 921. The number of benzene rings is 1. The Balaban J connectivity index is 1.34. The summed E-state index contributed by atoms with van der Waals surface area (Å²) in [5.41, 5.74) is 6.53.